The molecule has 110 valence electrons. The van der Waals surface area contributed by atoms with Crippen molar-refractivity contribution in [2.75, 3.05) is 29.9 Å². The van der Waals surface area contributed by atoms with E-state index in [2.05, 4.69) is 40.3 Å². The molecule has 0 spiro atoms. The minimum Gasteiger partial charge on any atom is -0.491 e. The lowest BCUT2D eigenvalue weighted by molar-refractivity contribution is 0.322. The number of rotatable bonds is 4. The van der Waals surface area contributed by atoms with Crippen molar-refractivity contribution in [1.82, 2.24) is 4.98 Å². The Morgan fingerprint density at radius 2 is 2.14 bits per heavy atom. The number of fused-ring (bicyclic) bond motifs is 1. The Labute approximate surface area is 125 Å². The Balaban J connectivity index is 1.88. The number of ether oxygens (including phenoxy) is 1. The van der Waals surface area contributed by atoms with E-state index in [0.29, 0.717) is 0 Å². The van der Waals surface area contributed by atoms with Gasteiger partial charge in [-0.05, 0) is 31.5 Å². The highest BCUT2D eigenvalue weighted by Gasteiger charge is 2.17. The van der Waals surface area contributed by atoms with Crippen LogP contribution in [0.2, 0.25) is 0 Å². The summed E-state index contributed by atoms with van der Waals surface area (Å²) in [5.41, 5.74) is 2.39. The molecule has 1 aromatic carbocycles. The van der Waals surface area contributed by atoms with Crippen LogP contribution in [0.25, 0.3) is 0 Å². The normalized spacial score (nSPS) is 14.0. The van der Waals surface area contributed by atoms with Crippen LogP contribution in [0.1, 0.15) is 18.9 Å². The van der Waals surface area contributed by atoms with Crippen LogP contribution in [0.15, 0.2) is 42.6 Å². The molecule has 3 rings (SSSR count). The van der Waals surface area contributed by atoms with Gasteiger partial charge in [0.25, 0.3) is 0 Å². The lowest BCUT2D eigenvalue weighted by Gasteiger charge is -2.24. The van der Waals surface area contributed by atoms with Gasteiger partial charge in [0.05, 0.1) is 12.3 Å². The fourth-order valence-corrected chi connectivity index (χ4v) is 2.66. The Morgan fingerprint density at radius 3 is 3.05 bits per heavy atom. The first-order valence-electron chi connectivity index (χ1n) is 7.53. The van der Waals surface area contributed by atoms with Crippen molar-refractivity contribution in [3.8, 4) is 5.75 Å². The second kappa shape index (κ2) is 6.48. The third kappa shape index (κ3) is 3.10. The molecule has 0 amide bonds. The zero-order chi connectivity index (χ0) is 14.5. The lowest BCUT2D eigenvalue weighted by Crippen LogP contribution is -2.24. The molecule has 0 fully saturated rings. The van der Waals surface area contributed by atoms with Crippen molar-refractivity contribution in [3.63, 3.8) is 0 Å². The maximum atomic E-state index is 5.82. The maximum absolute atomic E-state index is 5.82. The highest BCUT2D eigenvalue weighted by Crippen LogP contribution is 2.32. The Morgan fingerprint density at radius 1 is 1.24 bits per heavy atom. The van der Waals surface area contributed by atoms with E-state index < -0.39 is 0 Å². The summed E-state index contributed by atoms with van der Waals surface area (Å²) in [6.45, 7) is 5.59. The largest absolute Gasteiger partial charge is 0.491 e. The van der Waals surface area contributed by atoms with E-state index in [1.807, 2.05) is 24.4 Å². The van der Waals surface area contributed by atoms with Crippen LogP contribution in [-0.4, -0.2) is 24.7 Å². The second-order valence-electron chi connectivity index (χ2n) is 5.13. The molecule has 1 aromatic heterocycles. The molecule has 1 N–H and O–H groups in total. The molecule has 1 aliphatic rings. The summed E-state index contributed by atoms with van der Waals surface area (Å²) in [5, 5.41) is 3.34. The van der Waals surface area contributed by atoms with Gasteiger partial charge in [0.2, 0.25) is 0 Å². The third-order valence-electron chi connectivity index (χ3n) is 3.63. The standard InChI is InChI=1S/C17H21N3O/c1-2-18-17-14(7-5-10-19-17)13-20-11-6-12-21-16-9-4-3-8-15(16)20/h3-5,7-10H,2,6,11-13H2,1H3,(H,18,19). The van der Waals surface area contributed by atoms with Gasteiger partial charge in [0.1, 0.15) is 11.6 Å². The van der Waals surface area contributed by atoms with Gasteiger partial charge in [-0.25, -0.2) is 4.98 Å². The van der Waals surface area contributed by atoms with Crippen LogP contribution in [-0.2, 0) is 6.54 Å². The molecular formula is C17H21N3O. The van der Waals surface area contributed by atoms with Gasteiger partial charge >= 0.3 is 0 Å². The number of nitrogens with one attached hydrogen (secondary N) is 1. The fourth-order valence-electron chi connectivity index (χ4n) is 2.66. The number of hydrogen-bond acceptors (Lipinski definition) is 4. The molecule has 4 heteroatoms. The van der Waals surface area contributed by atoms with E-state index in [4.69, 9.17) is 4.74 Å². The molecule has 0 saturated carbocycles. The van der Waals surface area contributed by atoms with Crippen LogP contribution in [0.3, 0.4) is 0 Å². The minimum absolute atomic E-state index is 0.778. The van der Waals surface area contributed by atoms with Crippen LogP contribution in [0.5, 0.6) is 5.75 Å². The number of para-hydroxylation sites is 2. The maximum Gasteiger partial charge on any atom is 0.142 e. The van der Waals surface area contributed by atoms with Crippen LogP contribution >= 0.6 is 0 Å². The van der Waals surface area contributed by atoms with E-state index in [9.17, 15) is 0 Å². The first-order chi connectivity index (χ1) is 10.4. The average molecular weight is 283 g/mol. The molecule has 21 heavy (non-hydrogen) atoms. The number of anilines is 2. The zero-order valence-corrected chi connectivity index (χ0v) is 12.4. The summed E-state index contributed by atoms with van der Waals surface area (Å²) in [7, 11) is 0. The molecule has 2 heterocycles. The predicted molar refractivity (Wildman–Crippen MR) is 86.0 cm³/mol. The molecule has 4 nitrogen and oxygen atoms in total. The number of pyridine rings is 1. The van der Waals surface area contributed by atoms with E-state index in [1.54, 1.807) is 0 Å². The zero-order valence-electron chi connectivity index (χ0n) is 12.4. The summed E-state index contributed by atoms with van der Waals surface area (Å²) in [6.07, 6.45) is 2.87. The molecular weight excluding hydrogens is 262 g/mol. The molecule has 0 bridgehead atoms. The lowest BCUT2D eigenvalue weighted by atomic mass is 10.2. The van der Waals surface area contributed by atoms with Gasteiger partial charge in [-0.1, -0.05) is 18.2 Å². The predicted octanol–water partition coefficient (Wildman–Crippen LogP) is 3.30. The van der Waals surface area contributed by atoms with E-state index >= 15 is 0 Å². The Bertz CT molecular complexity index is 600. The van der Waals surface area contributed by atoms with Crippen LogP contribution < -0.4 is 15.0 Å². The van der Waals surface area contributed by atoms with E-state index in [-0.39, 0.29) is 0 Å². The van der Waals surface area contributed by atoms with Crippen molar-refractivity contribution in [2.24, 2.45) is 0 Å². The molecule has 0 saturated heterocycles. The van der Waals surface area contributed by atoms with E-state index in [0.717, 1.165) is 44.2 Å². The molecule has 2 aromatic rings. The average Bonchev–Trinajstić information content (AvgIpc) is 2.72. The smallest absolute Gasteiger partial charge is 0.142 e. The SMILES string of the molecule is CCNc1ncccc1CN1CCCOc2ccccc21. The van der Waals surface area contributed by atoms with Crippen molar-refractivity contribution in [3.05, 3.63) is 48.2 Å². The van der Waals surface area contributed by atoms with Gasteiger partial charge in [0, 0.05) is 31.4 Å². The highest BCUT2D eigenvalue weighted by atomic mass is 16.5. The molecule has 0 radical (unpaired) electrons. The molecule has 0 atom stereocenters. The van der Waals surface area contributed by atoms with Gasteiger partial charge in [-0.3, -0.25) is 0 Å². The quantitative estimate of drug-likeness (QED) is 0.934. The summed E-state index contributed by atoms with van der Waals surface area (Å²) in [6, 6.07) is 12.4. The fraction of sp³-hybridized carbons (Fsp3) is 0.353. The highest BCUT2D eigenvalue weighted by molar-refractivity contribution is 5.60. The van der Waals surface area contributed by atoms with Crippen molar-refractivity contribution in [1.29, 1.82) is 0 Å². The summed E-state index contributed by atoms with van der Waals surface area (Å²) in [4.78, 5) is 6.82. The van der Waals surface area contributed by atoms with Crippen molar-refractivity contribution >= 4 is 11.5 Å². The van der Waals surface area contributed by atoms with Gasteiger partial charge in [-0.15, -0.1) is 0 Å². The number of aromatic nitrogens is 1. The second-order valence-corrected chi connectivity index (χ2v) is 5.13. The van der Waals surface area contributed by atoms with Gasteiger partial charge < -0.3 is 15.0 Å². The van der Waals surface area contributed by atoms with Gasteiger partial charge in [0.15, 0.2) is 0 Å². The van der Waals surface area contributed by atoms with Crippen molar-refractivity contribution < 1.29 is 4.74 Å². The number of benzene rings is 1. The number of hydrogen-bond donors (Lipinski definition) is 1. The molecule has 0 aliphatic carbocycles. The monoisotopic (exact) mass is 283 g/mol. The number of nitrogens with zero attached hydrogens (tertiary/aromatic N) is 2. The van der Waals surface area contributed by atoms with E-state index in [1.165, 1.54) is 11.3 Å². The minimum atomic E-state index is 0.778. The summed E-state index contributed by atoms with van der Waals surface area (Å²) in [5.74, 6) is 1.95. The van der Waals surface area contributed by atoms with Crippen LogP contribution in [0, 0.1) is 0 Å². The Hall–Kier alpha value is -2.23. The topological polar surface area (TPSA) is 37.4 Å². The summed E-state index contributed by atoms with van der Waals surface area (Å²) < 4.78 is 5.82. The van der Waals surface area contributed by atoms with Gasteiger partial charge in [-0.2, -0.15) is 0 Å². The Kier molecular flexibility index (Phi) is 4.24. The molecule has 0 unspecified atom stereocenters. The first-order valence-corrected chi connectivity index (χ1v) is 7.53. The first kappa shape index (κ1) is 13.7. The molecule has 1 aliphatic heterocycles. The van der Waals surface area contributed by atoms with Crippen molar-refractivity contribution in [2.45, 2.75) is 19.9 Å². The third-order valence-corrected chi connectivity index (χ3v) is 3.63. The van der Waals surface area contributed by atoms with Crippen LogP contribution in [0.4, 0.5) is 11.5 Å². The summed E-state index contributed by atoms with van der Waals surface area (Å²) >= 11 is 0.